The summed E-state index contributed by atoms with van der Waals surface area (Å²) in [5.74, 6) is 0.158. The summed E-state index contributed by atoms with van der Waals surface area (Å²) < 4.78 is 0. The van der Waals surface area contributed by atoms with Crippen LogP contribution in [0.4, 0.5) is 0 Å². The first kappa shape index (κ1) is 34.9. The van der Waals surface area contributed by atoms with Gasteiger partial charge >= 0.3 is 0 Å². The molecule has 4 rings (SSSR count). The van der Waals surface area contributed by atoms with E-state index in [0.29, 0.717) is 0 Å². The second kappa shape index (κ2) is 21.6. The number of carbonyl (C=O) groups excluding carboxylic acids is 1. The fourth-order valence-corrected chi connectivity index (χ4v) is 4.51. The van der Waals surface area contributed by atoms with Crippen molar-refractivity contribution in [1.29, 1.82) is 0 Å². The molecule has 1 aliphatic heterocycles. The van der Waals surface area contributed by atoms with E-state index >= 15 is 0 Å². The van der Waals surface area contributed by atoms with Crippen LogP contribution in [-0.2, 0) is 12.8 Å². The van der Waals surface area contributed by atoms with E-state index < -0.39 is 0 Å². The molecule has 40 heavy (non-hydrogen) atoms. The molecule has 0 aromatic heterocycles. The molecule has 5 heteroatoms. The second-order valence-corrected chi connectivity index (χ2v) is 9.57. The van der Waals surface area contributed by atoms with Crippen molar-refractivity contribution in [2.75, 3.05) is 45.8 Å². The number of amides is 1. The van der Waals surface area contributed by atoms with E-state index in [-0.39, 0.29) is 5.91 Å². The molecule has 1 fully saturated rings. The van der Waals surface area contributed by atoms with Crippen LogP contribution >= 0.6 is 0 Å². The van der Waals surface area contributed by atoms with Gasteiger partial charge in [0.15, 0.2) is 0 Å². The number of aryl methyl sites for hydroxylation is 1. The molecule has 0 saturated carbocycles. The largest absolute Gasteiger partial charge is 0.516 e. The second-order valence-electron chi connectivity index (χ2n) is 9.57. The van der Waals surface area contributed by atoms with Crippen LogP contribution in [0, 0.1) is 0 Å². The van der Waals surface area contributed by atoms with E-state index in [1.165, 1.54) is 24.0 Å². The number of hydrogen-bond donors (Lipinski definition) is 2. The van der Waals surface area contributed by atoms with Gasteiger partial charge in [0.25, 0.3) is 5.91 Å². The summed E-state index contributed by atoms with van der Waals surface area (Å²) in [6, 6.07) is 23.3. The zero-order chi connectivity index (χ0) is 29.6. The highest BCUT2D eigenvalue weighted by atomic mass is 16.2. The van der Waals surface area contributed by atoms with Crippen LogP contribution < -0.4 is 5.32 Å². The summed E-state index contributed by atoms with van der Waals surface area (Å²) in [6.45, 7) is 20.0. The predicted octanol–water partition coefficient (Wildman–Crippen LogP) is 7.51. The van der Waals surface area contributed by atoms with Crippen LogP contribution in [0.15, 0.2) is 79.6 Å². The number of rotatable bonds is 9. The van der Waals surface area contributed by atoms with Crippen LogP contribution in [0.25, 0.3) is 10.8 Å². The first-order chi connectivity index (χ1) is 19.6. The molecule has 220 valence electrons. The van der Waals surface area contributed by atoms with Gasteiger partial charge in [-0.25, -0.2) is 0 Å². The van der Waals surface area contributed by atoms with Crippen molar-refractivity contribution in [3.63, 3.8) is 0 Å². The number of benzene rings is 3. The third-order valence-electron chi connectivity index (χ3n) is 6.49. The van der Waals surface area contributed by atoms with Crippen LogP contribution in [0.1, 0.15) is 68.9 Å². The summed E-state index contributed by atoms with van der Waals surface area (Å²) in [7, 11) is 0. The van der Waals surface area contributed by atoms with Crippen LogP contribution in [-0.4, -0.2) is 66.6 Å². The Hall–Kier alpha value is -3.15. The maximum Gasteiger partial charge on any atom is 0.254 e. The Morgan fingerprint density at radius 3 is 2.02 bits per heavy atom. The lowest BCUT2D eigenvalue weighted by Crippen LogP contribution is -2.49. The summed E-state index contributed by atoms with van der Waals surface area (Å²) in [5.41, 5.74) is 3.64. The van der Waals surface area contributed by atoms with Crippen molar-refractivity contribution < 1.29 is 9.90 Å². The zero-order valence-electron chi connectivity index (χ0n) is 25.7. The number of nitrogens with zero attached hydrogens (tertiary/aromatic N) is 2. The fraction of sp³-hybridized carbons (Fsp3) is 0.457. The summed E-state index contributed by atoms with van der Waals surface area (Å²) in [4.78, 5) is 17.6. The normalized spacial score (nSPS) is 12.7. The maximum atomic E-state index is 13.1. The number of piperazine rings is 1. The molecule has 2 N–H and O–H groups in total. The first-order valence-electron chi connectivity index (χ1n) is 15.1. The van der Waals surface area contributed by atoms with E-state index in [0.717, 1.165) is 81.3 Å². The molecule has 1 saturated heterocycles. The molecule has 0 aliphatic carbocycles. The van der Waals surface area contributed by atoms with E-state index in [4.69, 9.17) is 5.11 Å². The molecule has 1 heterocycles. The lowest BCUT2D eigenvalue weighted by atomic mass is 10.0. The average Bonchev–Trinajstić information content (AvgIpc) is 3.00. The number of fused-ring (bicyclic) bond motifs is 1. The van der Waals surface area contributed by atoms with Crippen molar-refractivity contribution in [3.05, 3.63) is 96.3 Å². The molecule has 3 aromatic carbocycles. The molecule has 0 unspecified atom stereocenters. The van der Waals surface area contributed by atoms with Crippen LogP contribution in [0.5, 0.6) is 0 Å². The molecule has 0 atom stereocenters. The van der Waals surface area contributed by atoms with Crippen LogP contribution in [0.3, 0.4) is 0 Å². The van der Waals surface area contributed by atoms with Gasteiger partial charge in [-0.2, -0.15) is 0 Å². The molecule has 5 nitrogen and oxygen atoms in total. The minimum atomic E-state index is 0.158. The third-order valence-corrected chi connectivity index (χ3v) is 6.49. The SMILES string of the molecule is C=CO.CC.CCC.CCNCCCc1ccc(CCN2CCN(C(=O)c3cccc4ccccc34)CC2)cc1. The van der Waals surface area contributed by atoms with Gasteiger partial charge in [0.05, 0.1) is 6.26 Å². The molecule has 0 radical (unpaired) electrons. The number of carbonyl (C=O) groups is 1. The molecule has 3 aromatic rings. The highest BCUT2D eigenvalue weighted by Crippen LogP contribution is 2.21. The lowest BCUT2D eigenvalue weighted by molar-refractivity contribution is 0.0640. The number of aliphatic hydroxyl groups is 1. The predicted molar refractivity (Wildman–Crippen MR) is 173 cm³/mol. The van der Waals surface area contributed by atoms with Gasteiger partial charge in [-0.05, 0) is 60.3 Å². The number of nitrogens with one attached hydrogen (secondary N) is 1. The molecule has 0 spiro atoms. The highest BCUT2D eigenvalue weighted by Gasteiger charge is 2.23. The maximum absolute atomic E-state index is 13.1. The number of hydrogen-bond acceptors (Lipinski definition) is 4. The van der Waals surface area contributed by atoms with E-state index in [9.17, 15) is 4.79 Å². The van der Waals surface area contributed by atoms with Gasteiger partial charge in [0, 0.05) is 38.3 Å². The zero-order valence-corrected chi connectivity index (χ0v) is 25.7. The standard InChI is InChI=1S/C28H35N3O.C3H8.C2H4O.C2H6/c1-2-29-17-6-7-23-12-14-24(15-13-23)16-18-30-19-21-31(22-20-30)28(32)27-11-5-9-25-8-3-4-10-26(25)27;1-3-2;1-2-3;1-2/h3-5,8-15,29H,2,6-7,16-22H2,1H3;3H2,1-2H3;2-3H,1H2;1-2H3. The fourth-order valence-electron chi connectivity index (χ4n) is 4.51. The van der Waals surface area contributed by atoms with Gasteiger partial charge in [-0.3, -0.25) is 9.69 Å². The molecular weight excluding hydrogens is 494 g/mol. The summed E-state index contributed by atoms with van der Waals surface area (Å²) >= 11 is 0. The van der Waals surface area contributed by atoms with Crippen molar-refractivity contribution in [3.8, 4) is 0 Å². The Morgan fingerprint density at radius 2 is 1.43 bits per heavy atom. The van der Waals surface area contributed by atoms with Gasteiger partial charge in [0.1, 0.15) is 0 Å². The third kappa shape index (κ3) is 12.4. The van der Waals surface area contributed by atoms with E-state index in [1.807, 2.05) is 49.1 Å². The van der Waals surface area contributed by atoms with Gasteiger partial charge in [-0.1, -0.05) is 108 Å². The molecular formula is C35H53N3O2. The Labute approximate surface area is 243 Å². The Morgan fingerprint density at radius 1 is 0.875 bits per heavy atom. The van der Waals surface area contributed by atoms with Crippen molar-refractivity contribution in [2.45, 2.75) is 60.3 Å². The number of aliphatic hydroxyl groups excluding tert-OH is 1. The minimum Gasteiger partial charge on any atom is -0.516 e. The smallest absolute Gasteiger partial charge is 0.254 e. The van der Waals surface area contributed by atoms with Crippen molar-refractivity contribution >= 4 is 16.7 Å². The van der Waals surface area contributed by atoms with Crippen molar-refractivity contribution in [1.82, 2.24) is 15.1 Å². The lowest BCUT2D eigenvalue weighted by Gasteiger charge is -2.35. The van der Waals surface area contributed by atoms with Gasteiger partial charge in [0.2, 0.25) is 0 Å². The van der Waals surface area contributed by atoms with Gasteiger partial charge in [-0.15, -0.1) is 0 Å². The highest BCUT2D eigenvalue weighted by molar-refractivity contribution is 6.07. The minimum absolute atomic E-state index is 0.158. The summed E-state index contributed by atoms with van der Waals surface area (Å²) in [6.07, 6.45) is 5.39. The Bertz CT molecular complexity index is 1070. The van der Waals surface area contributed by atoms with Crippen LogP contribution in [0.2, 0.25) is 0 Å². The molecule has 1 amide bonds. The average molecular weight is 548 g/mol. The van der Waals surface area contributed by atoms with E-state index in [1.54, 1.807) is 0 Å². The monoisotopic (exact) mass is 547 g/mol. The Balaban J connectivity index is 0.000000902. The topological polar surface area (TPSA) is 55.8 Å². The molecule has 1 aliphatic rings. The van der Waals surface area contributed by atoms with E-state index in [2.05, 4.69) is 74.0 Å². The summed E-state index contributed by atoms with van der Waals surface area (Å²) in [5, 5.41) is 12.9. The van der Waals surface area contributed by atoms with Gasteiger partial charge < -0.3 is 15.3 Å². The van der Waals surface area contributed by atoms with Crippen molar-refractivity contribution in [2.24, 2.45) is 0 Å². The quantitative estimate of drug-likeness (QED) is 0.215. The molecule has 0 bridgehead atoms. The first-order valence-corrected chi connectivity index (χ1v) is 15.1. The Kier molecular flexibility index (Phi) is 18.9.